The first-order valence-corrected chi connectivity index (χ1v) is 18.3. The summed E-state index contributed by atoms with van der Waals surface area (Å²) in [5, 5.41) is 0. The zero-order chi connectivity index (χ0) is 38.2. The molecule has 0 amide bonds. The van der Waals surface area contributed by atoms with E-state index in [0.717, 1.165) is 112 Å². The Bertz CT molecular complexity index is 2440. The van der Waals surface area contributed by atoms with Gasteiger partial charge in [-0.05, 0) is 119 Å². The number of ether oxygens (including phenoxy) is 4. The number of methoxy groups -OCH3 is 4. The van der Waals surface area contributed by atoms with Crippen molar-refractivity contribution in [2.75, 3.05) is 28.4 Å². The average molecular weight is 798 g/mol. The van der Waals surface area contributed by atoms with Crippen molar-refractivity contribution >= 4 is 46.4 Å². The first-order valence-electron chi connectivity index (χ1n) is 18.3. The monoisotopic (exact) mass is 797 g/mol. The summed E-state index contributed by atoms with van der Waals surface area (Å²) in [5.74, 6) is 3.12. The van der Waals surface area contributed by atoms with E-state index in [1.54, 1.807) is 28.4 Å². The summed E-state index contributed by atoms with van der Waals surface area (Å²) in [6.07, 6.45) is 8.37. The second-order valence-corrected chi connectivity index (χ2v) is 13.4. The molecule has 3 aromatic heterocycles. The topological polar surface area (TPSA) is 94.3 Å². The van der Waals surface area contributed by atoms with E-state index in [4.69, 9.17) is 28.9 Å². The molecule has 0 unspecified atom stereocenters. The van der Waals surface area contributed by atoms with Gasteiger partial charge in [-0.25, -0.2) is 9.97 Å². The van der Waals surface area contributed by atoms with Crippen LogP contribution in [0.5, 0.6) is 23.0 Å². The van der Waals surface area contributed by atoms with E-state index in [1.807, 2.05) is 48.5 Å². The Hall–Kier alpha value is -6.80. The van der Waals surface area contributed by atoms with Crippen LogP contribution in [0.4, 0.5) is 0 Å². The summed E-state index contributed by atoms with van der Waals surface area (Å²) in [6, 6.07) is 40.9. The molecule has 0 atom stereocenters. The largest absolute Gasteiger partial charge is 0.497 e. The Morgan fingerprint density at radius 1 is 0.316 bits per heavy atom. The number of nitrogens with zero attached hydrogens (tertiary/aromatic N) is 2. The molecule has 1 radical (unpaired) electrons. The summed E-state index contributed by atoms with van der Waals surface area (Å²) in [7, 11) is 6.71. The molecule has 8 nitrogen and oxygen atoms in total. The van der Waals surface area contributed by atoms with E-state index in [1.165, 1.54) is 0 Å². The molecule has 8 bridgehead atoms. The minimum atomic E-state index is 0. The summed E-state index contributed by atoms with van der Waals surface area (Å²) in [6.45, 7) is 0. The molecule has 0 saturated carbocycles. The van der Waals surface area contributed by atoms with Gasteiger partial charge in [0.15, 0.2) is 0 Å². The van der Waals surface area contributed by atoms with Crippen LogP contribution in [-0.2, 0) is 17.1 Å². The van der Waals surface area contributed by atoms with Gasteiger partial charge in [-0.15, -0.1) is 0 Å². The Kier molecular flexibility index (Phi) is 10.3. The molecule has 2 N–H and O–H groups in total. The molecule has 9 heteroatoms. The average Bonchev–Trinajstić information content (AvgIpc) is 4.10. The van der Waals surface area contributed by atoms with Crippen LogP contribution in [0.1, 0.15) is 22.8 Å². The predicted octanol–water partition coefficient (Wildman–Crippen LogP) is 11.4. The van der Waals surface area contributed by atoms with E-state index in [9.17, 15) is 0 Å². The van der Waals surface area contributed by atoms with Gasteiger partial charge in [-0.3, -0.25) is 0 Å². The van der Waals surface area contributed by atoms with Gasteiger partial charge in [0, 0.05) is 61.4 Å². The standard InChI is InChI=1S/C48H38N4O4.Cu/c1-53-33-13-5-29(6-14-33)45-37-21-23-39(49-37)46(30-7-15-34(54-2)16-8-30)41-25-27-43(51-41)48(32-11-19-36(56-4)20-12-32)44-28-26-42(52-44)47(40-24-22-38(45)50-40)31-9-17-35(55-3)18-10-31;/h5-28,49,52H,1-4H3;. The van der Waals surface area contributed by atoms with Gasteiger partial charge in [0.1, 0.15) is 23.0 Å². The first-order chi connectivity index (χ1) is 27.5. The van der Waals surface area contributed by atoms with Crippen molar-refractivity contribution in [1.82, 2.24) is 19.9 Å². The summed E-state index contributed by atoms with van der Waals surface area (Å²) >= 11 is 0. The van der Waals surface area contributed by atoms with Gasteiger partial charge in [0.05, 0.1) is 51.2 Å². The van der Waals surface area contributed by atoms with Crippen LogP contribution in [0.25, 0.3) is 90.9 Å². The van der Waals surface area contributed by atoms with Crippen molar-refractivity contribution in [3.63, 3.8) is 0 Å². The van der Waals surface area contributed by atoms with E-state index < -0.39 is 0 Å². The zero-order valence-electron chi connectivity index (χ0n) is 31.7. The number of hydrogen-bond acceptors (Lipinski definition) is 6. The van der Waals surface area contributed by atoms with Gasteiger partial charge < -0.3 is 28.9 Å². The van der Waals surface area contributed by atoms with Crippen molar-refractivity contribution in [3.05, 3.63) is 144 Å². The summed E-state index contributed by atoms with van der Waals surface area (Å²) in [4.78, 5) is 18.4. The van der Waals surface area contributed by atoms with Crippen LogP contribution in [0.3, 0.4) is 0 Å². The van der Waals surface area contributed by atoms with Crippen molar-refractivity contribution < 1.29 is 36.0 Å². The molecule has 9 rings (SSSR count). The number of fused-ring (bicyclic) bond motifs is 8. The molecule has 57 heavy (non-hydrogen) atoms. The summed E-state index contributed by atoms with van der Waals surface area (Å²) < 4.78 is 22.1. The number of rotatable bonds is 8. The van der Waals surface area contributed by atoms with Gasteiger partial charge in [-0.2, -0.15) is 0 Å². The molecule has 5 heterocycles. The van der Waals surface area contributed by atoms with Gasteiger partial charge in [-0.1, -0.05) is 48.5 Å². The second-order valence-electron chi connectivity index (χ2n) is 13.4. The van der Waals surface area contributed by atoms with E-state index >= 15 is 0 Å². The molecule has 0 spiro atoms. The minimum Gasteiger partial charge on any atom is -0.497 e. The molecule has 285 valence electrons. The maximum absolute atomic E-state index is 5.53. The maximum Gasteiger partial charge on any atom is 0.118 e. The third kappa shape index (κ3) is 6.99. The molecule has 2 aliphatic heterocycles. The van der Waals surface area contributed by atoms with E-state index in [2.05, 4.69) is 107 Å². The quantitative estimate of drug-likeness (QED) is 0.149. The minimum absolute atomic E-state index is 0. The zero-order valence-corrected chi connectivity index (χ0v) is 32.6. The van der Waals surface area contributed by atoms with Crippen molar-refractivity contribution in [1.29, 1.82) is 0 Å². The molecule has 0 saturated heterocycles. The third-order valence-corrected chi connectivity index (χ3v) is 10.3. The van der Waals surface area contributed by atoms with Crippen LogP contribution in [0.2, 0.25) is 0 Å². The van der Waals surface area contributed by atoms with Gasteiger partial charge >= 0.3 is 0 Å². The Morgan fingerprint density at radius 2 is 0.526 bits per heavy atom. The number of H-pyrrole nitrogens is 2. The van der Waals surface area contributed by atoms with E-state index in [0.29, 0.717) is 0 Å². The smallest absolute Gasteiger partial charge is 0.118 e. The SMILES string of the molecule is COc1ccc(-c2c3nc(c(-c4ccc(OC)cc4)c4ccc([nH]4)c(-c4ccc(OC)cc4)c4nc(c(-c5ccc(OC)cc5)c5ccc2[nH]5)C=C4)C=C3)cc1.[Cu]. The molecular weight excluding hydrogens is 760 g/mol. The van der Waals surface area contributed by atoms with Crippen LogP contribution in [0.15, 0.2) is 121 Å². The molecule has 4 aromatic carbocycles. The molecule has 7 aromatic rings. The van der Waals surface area contributed by atoms with Gasteiger partial charge in [0.2, 0.25) is 0 Å². The third-order valence-electron chi connectivity index (χ3n) is 10.3. The molecule has 0 fully saturated rings. The van der Waals surface area contributed by atoms with Crippen LogP contribution >= 0.6 is 0 Å². The normalized spacial score (nSPS) is 11.6. The predicted molar refractivity (Wildman–Crippen MR) is 227 cm³/mol. The fourth-order valence-electron chi connectivity index (χ4n) is 7.45. The van der Waals surface area contributed by atoms with Crippen LogP contribution in [-0.4, -0.2) is 48.4 Å². The number of benzene rings is 4. The Balaban J connectivity index is 0.00000455. The Labute approximate surface area is 341 Å². The van der Waals surface area contributed by atoms with Crippen molar-refractivity contribution in [2.45, 2.75) is 0 Å². The number of aromatic nitrogens is 4. The molecule has 2 aliphatic rings. The number of hydrogen-bond donors (Lipinski definition) is 2. The van der Waals surface area contributed by atoms with Crippen molar-refractivity contribution in [3.8, 4) is 67.5 Å². The Morgan fingerprint density at radius 3 is 0.719 bits per heavy atom. The van der Waals surface area contributed by atoms with Crippen LogP contribution < -0.4 is 18.9 Å². The van der Waals surface area contributed by atoms with Crippen molar-refractivity contribution in [2.24, 2.45) is 0 Å². The fourth-order valence-corrected chi connectivity index (χ4v) is 7.45. The summed E-state index contributed by atoms with van der Waals surface area (Å²) in [5.41, 5.74) is 14.8. The number of aromatic amines is 2. The van der Waals surface area contributed by atoms with E-state index in [-0.39, 0.29) is 17.1 Å². The first kappa shape index (κ1) is 37.1. The fraction of sp³-hybridized carbons (Fsp3) is 0.0833. The number of nitrogens with one attached hydrogen (secondary N) is 2. The molecular formula is C48H38CuN4O4. The molecule has 0 aliphatic carbocycles. The van der Waals surface area contributed by atoms with Gasteiger partial charge in [0.25, 0.3) is 0 Å². The second kappa shape index (κ2) is 15.7. The maximum atomic E-state index is 5.53. The van der Waals surface area contributed by atoms with Crippen LogP contribution in [0, 0.1) is 0 Å².